The highest BCUT2D eigenvalue weighted by Gasteiger charge is 2.16. The number of benzene rings is 1. The van der Waals surface area contributed by atoms with Gasteiger partial charge < -0.3 is 19.7 Å². The lowest BCUT2D eigenvalue weighted by Crippen LogP contribution is -2.47. The van der Waals surface area contributed by atoms with E-state index in [1.54, 1.807) is 6.07 Å². The average Bonchev–Trinajstić information content (AvgIpc) is 2.47. The Morgan fingerprint density at radius 1 is 1.58 bits per heavy atom. The van der Waals surface area contributed by atoms with Gasteiger partial charge in [0.1, 0.15) is 0 Å². The smallest absolute Gasteiger partial charge is 0.337 e. The summed E-state index contributed by atoms with van der Waals surface area (Å²) in [6, 6.07) is 7.76. The molecule has 0 amide bonds. The molecule has 5 nitrogen and oxygen atoms in total. The molecule has 0 radical (unpaired) electrons. The van der Waals surface area contributed by atoms with Crippen molar-refractivity contribution in [3.8, 4) is 0 Å². The predicted octanol–water partition coefficient (Wildman–Crippen LogP) is 0.898. The number of nitrogens with one attached hydrogen (secondary N) is 1. The Hall–Kier alpha value is -1.59. The molecule has 104 valence electrons. The van der Waals surface area contributed by atoms with E-state index in [1.165, 1.54) is 7.11 Å². The number of hydrogen-bond donors (Lipinski definition) is 1. The molecule has 1 heterocycles. The molecule has 1 atom stereocenters. The van der Waals surface area contributed by atoms with Crippen molar-refractivity contribution >= 4 is 11.7 Å². The van der Waals surface area contributed by atoms with E-state index in [2.05, 4.69) is 10.2 Å². The van der Waals surface area contributed by atoms with Gasteiger partial charge in [-0.25, -0.2) is 4.79 Å². The number of anilines is 1. The number of nitrogens with zero attached hydrogens (tertiary/aromatic N) is 1. The van der Waals surface area contributed by atoms with E-state index >= 15 is 0 Å². The van der Waals surface area contributed by atoms with Crippen molar-refractivity contribution in [3.05, 3.63) is 29.8 Å². The Morgan fingerprint density at radius 3 is 3.11 bits per heavy atom. The molecule has 1 fully saturated rings. The zero-order valence-electron chi connectivity index (χ0n) is 11.4. The van der Waals surface area contributed by atoms with Crippen molar-refractivity contribution in [2.24, 2.45) is 0 Å². The summed E-state index contributed by atoms with van der Waals surface area (Å²) in [5.74, 6) is -0.311. The number of esters is 1. The number of morpholine rings is 1. The van der Waals surface area contributed by atoms with Crippen molar-refractivity contribution in [1.29, 1.82) is 0 Å². The number of methoxy groups -OCH3 is 1. The molecule has 0 bridgehead atoms. The lowest BCUT2D eigenvalue weighted by molar-refractivity contribution is 0.0600. The largest absolute Gasteiger partial charge is 0.465 e. The SMILES string of the molecule is COC(=O)c1cccc(N(C)CC2COCCN2)c1. The van der Waals surface area contributed by atoms with E-state index in [-0.39, 0.29) is 5.97 Å². The normalized spacial score (nSPS) is 18.9. The molecule has 1 aromatic rings. The number of hydrogen-bond acceptors (Lipinski definition) is 5. The van der Waals surface area contributed by atoms with Crippen LogP contribution >= 0.6 is 0 Å². The zero-order chi connectivity index (χ0) is 13.7. The highest BCUT2D eigenvalue weighted by Crippen LogP contribution is 2.16. The zero-order valence-corrected chi connectivity index (χ0v) is 11.4. The van der Waals surface area contributed by atoms with Crippen LogP contribution in [0.4, 0.5) is 5.69 Å². The van der Waals surface area contributed by atoms with E-state index in [1.807, 2.05) is 25.2 Å². The number of likely N-dealkylation sites (N-methyl/N-ethyl adjacent to an activating group) is 1. The van der Waals surface area contributed by atoms with Crippen molar-refractivity contribution in [2.45, 2.75) is 6.04 Å². The highest BCUT2D eigenvalue weighted by atomic mass is 16.5. The van der Waals surface area contributed by atoms with Crippen LogP contribution in [0.15, 0.2) is 24.3 Å². The van der Waals surface area contributed by atoms with Gasteiger partial charge in [-0.05, 0) is 18.2 Å². The summed E-state index contributed by atoms with van der Waals surface area (Å²) in [5.41, 5.74) is 1.56. The standard InChI is InChI=1S/C14H20N2O3/c1-16(9-12-10-19-7-6-15-12)13-5-3-4-11(8-13)14(17)18-2/h3-5,8,12,15H,6-7,9-10H2,1-2H3. The molecule has 0 aliphatic carbocycles. The minimum absolute atomic E-state index is 0.311. The lowest BCUT2D eigenvalue weighted by Gasteiger charge is -2.29. The Kier molecular flexibility index (Phi) is 4.76. The summed E-state index contributed by atoms with van der Waals surface area (Å²) in [6.07, 6.45) is 0. The quantitative estimate of drug-likeness (QED) is 0.819. The second-order valence-corrected chi connectivity index (χ2v) is 4.65. The van der Waals surface area contributed by atoms with Gasteiger partial charge in [-0.2, -0.15) is 0 Å². The summed E-state index contributed by atoms with van der Waals surface area (Å²) in [5, 5.41) is 3.41. The maximum Gasteiger partial charge on any atom is 0.337 e. The van der Waals surface area contributed by atoms with Crippen LogP contribution in [0.5, 0.6) is 0 Å². The molecule has 0 saturated carbocycles. The Labute approximate surface area is 113 Å². The number of ether oxygens (including phenoxy) is 2. The van der Waals surface area contributed by atoms with Crippen LogP contribution in [0.3, 0.4) is 0 Å². The van der Waals surface area contributed by atoms with Crippen LogP contribution in [0, 0.1) is 0 Å². The summed E-state index contributed by atoms with van der Waals surface area (Å²) in [7, 11) is 3.40. The summed E-state index contributed by atoms with van der Waals surface area (Å²) in [4.78, 5) is 13.6. The lowest BCUT2D eigenvalue weighted by atomic mass is 10.1. The maximum atomic E-state index is 11.5. The number of carbonyl (C=O) groups is 1. The van der Waals surface area contributed by atoms with Gasteiger partial charge in [-0.3, -0.25) is 0 Å². The van der Waals surface area contributed by atoms with Gasteiger partial charge in [0.05, 0.1) is 25.9 Å². The minimum atomic E-state index is -0.311. The van der Waals surface area contributed by atoms with Crippen molar-refractivity contribution in [3.63, 3.8) is 0 Å². The van der Waals surface area contributed by atoms with Crippen LogP contribution in [0.2, 0.25) is 0 Å². The first kappa shape index (κ1) is 13.8. The van der Waals surface area contributed by atoms with Crippen molar-refractivity contribution in [1.82, 2.24) is 5.32 Å². The Morgan fingerprint density at radius 2 is 2.42 bits per heavy atom. The molecule has 1 saturated heterocycles. The summed E-state index contributed by atoms with van der Waals surface area (Å²) < 4.78 is 10.2. The van der Waals surface area contributed by atoms with Gasteiger partial charge in [-0.1, -0.05) is 6.07 Å². The first-order valence-corrected chi connectivity index (χ1v) is 6.41. The Balaban J connectivity index is 2.01. The van der Waals surface area contributed by atoms with Crippen LogP contribution in [0.25, 0.3) is 0 Å². The fourth-order valence-corrected chi connectivity index (χ4v) is 2.16. The van der Waals surface area contributed by atoms with Crippen LogP contribution in [-0.2, 0) is 9.47 Å². The fraction of sp³-hybridized carbons (Fsp3) is 0.500. The Bertz CT molecular complexity index is 430. The monoisotopic (exact) mass is 264 g/mol. The van der Waals surface area contributed by atoms with E-state index in [0.29, 0.717) is 11.6 Å². The van der Waals surface area contributed by atoms with Gasteiger partial charge in [-0.15, -0.1) is 0 Å². The molecule has 0 aromatic heterocycles. The van der Waals surface area contributed by atoms with Crippen LogP contribution in [0.1, 0.15) is 10.4 Å². The van der Waals surface area contributed by atoms with E-state index in [4.69, 9.17) is 9.47 Å². The first-order valence-electron chi connectivity index (χ1n) is 6.41. The van der Waals surface area contributed by atoms with Crippen molar-refractivity contribution in [2.75, 3.05) is 45.4 Å². The second-order valence-electron chi connectivity index (χ2n) is 4.65. The van der Waals surface area contributed by atoms with E-state index in [9.17, 15) is 4.79 Å². The second kappa shape index (κ2) is 6.54. The van der Waals surface area contributed by atoms with Gasteiger partial charge in [0.25, 0.3) is 0 Å². The minimum Gasteiger partial charge on any atom is -0.465 e. The molecule has 1 aromatic carbocycles. The summed E-state index contributed by atoms with van der Waals surface area (Å²) in [6.45, 7) is 3.23. The van der Waals surface area contributed by atoms with Gasteiger partial charge in [0.2, 0.25) is 0 Å². The predicted molar refractivity (Wildman–Crippen MR) is 73.7 cm³/mol. The third kappa shape index (κ3) is 3.68. The van der Waals surface area contributed by atoms with E-state index in [0.717, 1.165) is 32.0 Å². The molecule has 2 rings (SSSR count). The van der Waals surface area contributed by atoms with E-state index < -0.39 is 0 Å². The average molecular weight is 264 g/mol. The van der Waals surface area contributed by atoms with Gasteiger partial charge in [0, 0.05) is 31.9 Å². The third-order valence-corrected chi connectivity index (χ3v) is 3.20. The molecule has 5 heteroatoms. The highest BCUT2D eigenvalue weighted by molar-refractivity contribution is 5.90. The number of rotatable bonds is 4. The first-order chi connectivity index (χ1) is 9.20. The van der Waals surface area contributed by atoms with Crippen molar-refractivity contribution < 1.29 is 14.3 Å². The fourth-order valence-electron chi connectivity index (χ4n) is 2.16. The molecule has 1 aliphatic heterocycles. The van der Waals surface area contributed by atoms with Crippen LogP contribution < -0.4 is 10.2 Å². The molecule has 1 N–H and O–H groups in total. The topological polar surface area (TPSA) is 50.8 Å². The van der Waals surface area contributed by atoms with Crippen LogP contribution in [-0.4, -0.2) is 52.5 Å². The maximum absolute atomic E-state index is 11.5. The molecule has 0 spiro atoms. The summed E-state index contributed by atoms with van der Waals surface area (Å²) >= 11 is 0. The third-order valence-electron chi connectivity index (χ3n) is 3.20. The number of carbonyl (C=O) groups excluding carboxylic acids is 1. The molecule has 19 heavy (non-hydrogen) atoms. The molecule has 1 aliphatic rings. The molecular weight excluding hydrogens is 244 g/mol. The molecular formula is C14H20N2O3. The molecule has 1 unspecified atom stereocenters. The van der Waals surface area contributed by atoms with Gasteiger partial charge >= 0.3 is 5.97 Å². The van der Waals surface area contributed by atoms with Gasteiger partial charge in [0.15, 0.2) is 0 Å².